The Labute approximate surface area is 125 Å². The fourth-order valence-electron chi connectivity index (χ4n) is 1.71. The Morgan fingerprint density at radius 1 is 1.30 bits per heavy atom. The zero-order valence-electron chi connectivity index (χ0n) is 11.7. The molecule has 0 fully saturated rings. The second-order valence-electron chi connectivity index (χ2n) is 4.29. The topological polar surface area (TPSA) is 81.4 Å². The number of hydrogen-bond acceptors (Lipinski definition) is 4. The van der Waals surface area contributed by atoms with Crippen LogP contribution in [0.15, 0.2) is 30.3 Å². The quantitative estimate of drug-likeness (QED) is 0.769. The van der Waals surface area contributed by atoms with Crippen molar-refractivity contribution in [3.05, 3.63) is 35.9 Å². The highest BCUT2D eigenvalue weighted by atomic mass is 35.5. The molecule has 0 spiro atoms. The summed E-state index contributed by atoms with van der Waals surface area (Å²) in [7, 11) is 1.29. The molecule has 1 aromatic rings. The summed E-state index contributed by atoms with van der Waals surface area (Å²) in [6.07, 6.45) is 0.904. The predicted molar refractivity (Wildman–Crippen MR) is 79.6 cm³/mol. The molecule has 0 radical (unpaired) electrons. The number of methoxy groups -OCH3 is 1. The van der Waals surface area contributed by atoms with Crippen molar-refractivity contribution in [1.29, 1.82) is 0 Å². The second-order valence-corrected chi connectivity index (χ2v) is 4.29. The summed E-state index contributed by atoms with van der Waals surface area (Å²) in [5.74, 6) is -0.802. The van der Waals surface area contributed by atoms with E-state index in [0.29, 0.717) is 12.8 Å². The van der Waals surface area contributed by atoms with E-state index in [1.54, 1.807) is 6.92 Å². The Hall–Kier alpha value is -1.59. The van der Waals surface area contributed by atoms with E-state index in [4.69, 9.17) is 5.73 Å². The zero-order valence-corrected chi connectivity index (χ0v) is 12.5. The molecular weight excluding hydrogens is 280 g/mol. The van der Waals surface area contributed by atoms with Crippen molar-refractivity contribution in [2.45, 2.75) is 31.8 Å². The van der Waals surface area contributed by atoms with Gasteiger partial charge in [-0.05, 0) is 18.4 Å². The van der Waals surface area contributed by atoms with Gasteiger partial charge in [-0.15, -0.1) is 12.4 Å². The van der Waals surface area contributed by atoms with Gasteiger partial charge in [0.15, 0.2) is 0 Å². The molecule has 1 aromatic carbocycles. The summed E-state index contributed by atoms with van der Waals surface area (Å²) in [5, 5.41) is 2.60. The molecule has 6 heteroatoms. The van der Waals surface area contributed by atoms with Gasteiger partial charge in [-0.25, -0.2) is 4.79 Å². The minimum absolute atomic E-state index is 0. The number of amides is 1. The van der Waals surface area contributed by atoms with Crippen molar-refractivity contribution in [3.8, 4) is 0 Å². The largest absolute Gasteiger partial charge is 0.467 e. The first-order valence-electron chi connectivity index (χ1n) is 6.26. The van der Waals surface area contributed by atoms with Crippen LogP contribution in [0.2, 0.25) is 0 Å². The van der Waals surface area contributed by atoms with E-state index in [-0.39, 0.29) is 18.3 Å². The molecule has 0 aliphatic carbocycles. The van der Waals surface area contributed by atoms with Gasteiger partial charge in [-0.1, -0.05) is 37.3 Å². The number of hydrogen-bond donors (Lipinski definition) is 2. The summed E-state index contributed by atoms with van der Waals surface area (Å²) in [4.78, 5) is 23.3. The highest BCUT2D eigenvalue weighted by molar-refractivity contribution is 5.87. The molecule has 0 aliphatic rings. The molecule has 0 saturated carbocycles. The van der Waals surface area contributed by atoms with Crippen LogP contribution in [0.3, 0.4) is 0 Å². The molecule has 112 valence electrons. The molecule has 0 saturated heterocycles. The number of carbonyl (C=O) groups excluding carboxylic acids is 2. The third-order valence-electron chi connectivity index (χ3n) is 2.85. The highest BCUT2D eigenvalue weighted by Gasteiger charge is 2.22. The maximum absolute atomic E-state index is 11.9. The number of esters is 1. The van der Waals surface area contributed by atoms with Gasteiger partial charge in [-0.2, -0.15) is 0 Å². The molecule has 3 N–H and O–H groups in total. The predicted octanol–water partition coefficient (Wildman–Crippen LogP) is 1.05. The van der Waals surface area contributed by atoms with E-state index >= 15 is 0 Å². The summed E-state index contributed by atoms with van der Waals surface area (Å²) < 4.78 is 4.61. The van der Waals surface area contributed by atoms with Crippen molar-refractivity contribution < 1.29 is 14.3 Å². The van der Waals surface area contributed by atoms with Crippen LogP contribution in [-0.4, -0.2) is 31.1 Å². The lowest BCUT2D eigenvalue weighted by molar-refractivity contribution is -0.145. The van der Waals surface area contributed by atoms with Gasteiger partial charge < -0.3 is 15.8 Å². The van der Waals surface area contributed by atoms with Crippen molar-refractivity contribution in [1.82, 2.24) is 5.32 Å². The molecular formula is C14H21ClN2O3. The number of ether oxygens (including phenoxy) is 1. The van der Waals surface area contributed by atoms with Crippen LogP contribution in [0, 0.1) is 0 Å². The Balaban J connectivity index is 0.00000361. The van der Waals surface area contributed by atoms with Gasteiger partial charge >= 0.3 is 5.97 Å². The monoisotopic (exact) mass is 300 g/mol. The second kappa shape index (κ2) is 9.34. The van der Waals surface area contributed by atoms with Crippen LogP contribution in [0.1, 0.15) is 18.9 Å². The maximum atomic E-state index is 11.9. The minimum atomic E-state index is -0.680. The van der Waals surface area contributed by atoms with Crippen molar-refractivity contribution in [2.75, 3.05) is 7.11 Å². The first-order valence-corrected chi connectivity index (χ1v) is 6.26. The highest BCUT2D eigenvalue weighted by Crippen LogP contribution is 2.03. The van der Waals surface area contributed by atoms with E-state index in [2.05, 4.69) is 10.1 Å². The maximum Gasteiger partial charge on any atom is 0.328 e. The van der Waals surface area contributed by atoms with Gasteiger partial charge in [0.1, 0.15) is 6.04 Å². The number of carbonyl (C=O) groups is 2. The minimum Gasteiger partial charge on any atom is -0.467 e. The van der Waals surface area contributed by atoms with Gasteiger partial charge in [0.2, 0.25) is 5.91 Å². The third kappa shape index (κ3) is 5.59. The molecule has 1 amide bonds. The average Bonchev–Trinajstić information content (AvgIpc) is 2.44. The fraction of sp³-hybridized carbons (Fsp3) is 0.429. The van der Waals surface area contributed by atoms with Crippen LogP contribution in [0.5, 0.6) is 0 Å². The summed E-state index contributed by atoms with van der Waals surface area (Å²) >= 11 is 0. The lowest BCUT2D eigenvalue weighted by Crippen LogP contribution is -2.49. The number of nitrogens with one attached hydrogen (secondary N) is 1. The van der Waals surface area contributed by atoms with E-state index in [0.717, 1.165) is 5.56 Å². The van der Waals surface area contributed by atoms with Gasteiger partial charge in [0.05, 0.1) is 13.2 Å². The molecule has 0 aromatic heterocycles. The Bertz CT molecular complexity index is 426. The number of rotatable bonds is 6. The lowest BCUT2D eigenvalue weighted by atomic mass is 10.1. The van der Waals surface area contributed by atoms with Crippen LogP contribution in [-0.2, 0) is 20.7 Å². The Morgan fingerprint density at radius 2 is 1.90 bits per heavy atom. The first-order chi connectivity index (χ1) is 9.08. The van der Waals surface area contributed by atoms with Crippen LogP contribution >= 0.6 is 12.4 Å². The normalized spacial score (nSPS) is 12.8. The SMILES string of the molecule is CCC(NC(=O)[C@@H](N)Cc1ccccc1)C(=O)OC.Cl. The molecule has 1 rings (SSSR count). The van der Waals surface area contributed by atoms with Crippen molar-refractivity contribution >= 4 is 24.3 Å². The smallest absolute Gasteiger partial charge is 0.328 e. The number of nitrogens with two attached hydrogens (primary N) is 1. The molecule has 0 aliphatic heterocycles. The molecule has 2 atom stereocenters. The van der Waals surface area contributed by atoms with Crippen LogP contribution < -0.4 is 11.1 Å². The molecule has 20 heavy (non-hydrogen) atoms. The van der Waals surface area contributed by atoms with Crippen LogP contribution in [0.25, 0.3) is 0 Å². The molecule has 0 bridgehead atoms. The van der Waals surface area contributed by atoms with Crippen LogP contribution in [0.4, 0.5) is 0 Å². The van der Waals surface area contributed by atoms with E-state index in [1.165, 1.54) is 7.11 Å². The molecule has 0 heterocycles. The van der Waals surface area contributed by atoms with Gasteiger partial charge in [0.25, 0.3) is 0 Å². The Kier molecular flexibility index (Phi) is 8.59. The standard InChI is InChI=1S/C14H20N2O3.ClH/c1-3-12(14(18)19-2)16-13(17)11(15)9-10-7-5-4-6-8-10;/h4-8,11-12H,3,9,15H2,1-2H3,(H,16,17);1H/t11-,12?;/m0./s1. The summed E-state index contributed by atoms with van der Waals surface area (Å²) in [6.45, 7) is 1.80. The average molecular weight is 301 g/mol. The van der Waals surface area contributed by atoms with Gasteiger partial charge in [0, 0.05) is 0 Å². The number of benzene rings is 1. The van der Waals surface area contributed by atoms with E-state index < -0.39 is 18.1 Å². The van der Waals surface area contributed by atoms with Crippen molar-refractivity contribution in [2.24, 2.45) is 5.73 Å². The van der Waals surface area contributed by atoms with E-state index in [9.17, 15) is 9.59 Å². The molecule has 5 nitrogen and oxygen atoms in total. The van der Waals surface area contributed by atoms with Crippen molar-refractivity contribution in [3.63, 3.8) is 0 Å². The fourth-order valence-corrected chi connectivity index (χ4v) is 1.71. The molecule has 1 unspecified atom stereocenters. The van der Waals surface area contributed by atoms with E-state index in [1.807, 2.05) is 30.3 Å². The summed E-state index contributed by atoms with van der Waals surface area (Å²) in [6, 6.07) is 8.18. The third-order valence-corrected chi connectivity index (χ3v) is 2.85. The summed E-state index contributed by atoms with van der Waals surface area (Å²) in [5.41, 5.74) is 6.81. The lowest BCUT2D eigenvalue weighted by Gasteiger charge is -2.17. The first kappa shape index (κ1) is 18.4. The van der Waals surface area contributed by atoms with Gasteiger partial charge in [-0.3, -0.25) is 4.79 Å². The number of halogens is 1. The Morgan fingerprint density at radius 3 is 2.40 bits per heavy atom. The zero-order chi connectivity index (χ0) is 14.3.